The molecule has 0 aromatic carbocycles. The number of rotatable bonds is 5. The van der Waals surface area contributed by atoms with Crippen LogP contribution in [0.25, 0.3) is 10.4 Å². The number of aliphatic hydroxyl groups is 3. The number of azide groups is 1. The van der Waals surface area contributed by atoms with Crippen molar-refractivity contribution < 1.29 is 20.1 Å². The van der Waals surface area contributed by atoms with Crippen LogP contribution >= 0.6 is 0 Å². The summed E-state index contributed by atoms with van der Waals surface area (Å²) in [6, 6.07) is -1.41. The second kappa shape index (κ2) is 5.50. The standard InChI is InChI=1S/C5H9N3O4/c6-8-7-5(3(11)1-9)4(12)2-10/h3,5,9-11H,1-2H2/t3-,5-/m1/s1. The summed E-state index contributed by atoms with van der Waals surface area (Å²) in [4.78, 5) is 13.0. The smallest absolute Gasteiger partial charge is 0.169 e. The van der Waals surface area contributed by atoms with Crippen LogP contribution in [-0.2, 0) is 4.79 Å². The van der Waals surface area contributed by atoms with Gasteiger partial charge in [0.15, 0.2) is 5.78 Å². The first-order valence-electron chi connectivity index (χ1n) is 3.14. The maximum atomic E-state index is 10.7. The Morgan fingerprint density at radius 2 is 2.17 bits per heavy atom. The molecule has 0 bridgehead atoms. The van der Waals surface area contributed by atoms with E-state index in [-0.39, 0.29) is 0 Å². The molecule has 68 valence electrons. The summed E-state index contributed by atoms with van der Waals surface area (Å²) in [5.41, 5.74) is 7.96. The lowest BCUT2D eigenvalue weighted by molar-refractivity contribution is -0.126. The van der Waals surface area contributed by atoms with Crippen molar-refractivity contribution in [3.63, 3.8) is 0 Å². The number of ketones is 1. The van der Waals surface area contributed by atoms with Crippen molar-refractivity contribution in [3.05, 3.63) is 10.4 Å². The van der Waals surface area contributed by atoms with Crippen LogP contribution in [0.1, 0.15) is 0 Å². The van der Waals surface area contributed by atoms with Crippen molar-refractivity contribution in [2.45, 2.75) is 12.1 Å². The van der Waals surface area contributed by atoms with Gasteiger partial charge in [-0.05, 0) is 5.53 Å². The second-order valence-electron chi connectivity index (χ2n) is 2.02. The SMILES string of the molecule is [N-]=[N+]=N[C@@H](C(=O)CO)[C@H](O)CO. The second-order valence-corrected chi connectivity index (χ2v) is 2.02. The molecular weight excluding hydrogens is 166 g/mol. The number of aliphatic hydroxyl groups excluding tert-OH is 3. The van der Waals surface area contributed by atoms with Gasteiger partial charge in [-0.3, -0.25) is 4.79 Å². The Balaban J connectivity index is 4.42. The van der Waals surface area contributed by atoms with E-state index in [1.807, 2.05) is 0 Å². The highest BCUT2D eigenvalue weighted by atomic mass is 16.3. The first-order valence-corrected chi connectivity index (χ1v) is 3.14. The molecule has 0 amide bonds. The first-order chi connectivity index (χ1) is 5.67. The quantitative estimate of drug-likeness (QED) is 0.269. The molecule has 0 fully saturated rings. The third kappa shape index (κ3) is 2.85. The molecule has 2 atom stereocenters. The highest BCUT2D eigenvalue weighted by molar-refractivity contribution is 5.85. The van der Waals surface area contributed by atoms with Gasteiger partial charge in [0.25, 0.3) is 0 Å². The molecule has 0 aliphatic carbocycles. The normalized spacial score (nSPS) is 14.6. The van der Waals surface area contributed by atoms with Gasteiger partial charge in [-0.25, -0.2) is 0 Å². The summed E-state index contributed by atoms with van der Waals surface area (Å²) in [6.07, 6.45) is -1.46. The molecule has 0 saturated heterocycles. The first kappa shape index (κ1) is 10.9. The Morgan fingerprint density at radius 3 is 2.50 bits per heavy atom. The number of carbonyl (C=O) groups is 1. The summed E-state index contributed by atoms with van der Waals surface area (Å²) in [7, 11) is 0. The summed E-state index contributed by atoms with van der Waals surface area (Å²) in [5.74, 6) is -0.825. The van der Waals surface area contributed by atoms with Crippen molar-refractivity contribution in [1.82, 2.24) is 0 Å². The molecule has 12 heavy (non-hydrogen) atoms. The summed E-state index contributed by atoms with van der Waals surface area (Å²) < 4.78 is 0. The number of hydrogen-bond donors (Lipinski definition) is 3. The number of Topliss-reactive ketones (excluding diaryl/α,β-unsaturated/α-hetero) is 1. The van der Waals surface area contributed by atoms with Gasteiger partial charge >= 0.3 is 0 Å². The van der Waals surface area contributed by atoms with E-state index in [1.54, 1.807) is 0 Å². The van der Waals surface area contributed by atoms with Crippen LogP contribution in [0, 0.1) is 0 Å². The van der Waals surface area contributed by atoms with E-state index in [0.29, 0.717) is 0 Å². The summed E-state index contributed by atoms with van der Waals surface area (Å²) in [6.45, 7) is -1.53. The van der Waals surface area contributed by atoms with E-state index in [9.17, 15) is 4.79 Å². The van der Waals surface area contributed by atoms with Gasteiger partial charge in [0.1, 0.15) is 12.6 Å². The van der Waals surface area contributed by atoms with Crippen LogP contribution in [0.15, 0.2) is 5.11 Å². The molecule has 0 aromatic heterocycles. The van der Waals surface area contributed by atoms with Crippen molar-refractivity contribution in [2.75, 3.05) is 13.2 Å². The summed E-state index contributed by atoms with van der Waals surface area (Å²) in [5, 5.41) is 28.6. The van der Waals surface area contributed by atoms with Gasteiger partial charge in [-0.2, -0.15) is 0 Å². The van der Waals surface area contributed by atoms with E-state index < -0.39 is 31.1 Å². The molecule has 7 heteroatoms. The predicted octanol–water partition coefficient (Wildman–Crippen LogP) is -1.42. The van der Waals surface area contributed by atoms with Crippen LogP contribution in [0.5, 0.6) is 0 Å². The Morgan fingerprint density at radius 1 is 1.58 bits per heavy atom. The van der Waals surface area contributed by atoms with Crippen LogP contribution in [-0.4, -0.2) is 46.5 Å². The zero-order valence-corrected chi connectivity index (χ0v) is 6.16. The minimum Gasteiger partial charge on any atom is -0.394 e. The molecule has 0 aromatic rings. The van der Waals surface area contributed by atoms with E-state index >= 15 is 0 Å². The van der Waals surface area contributed by atoms with E-state index in [2.05, 4.69) is 10.0 Å². The third-order valence-corrected chi connectivity index (χ3v) is 1.21. The molecule has 0 aliphatic heterocycles. The average molecular weight is 175 g/mol. The van der Waals surface area contributed by atoms with E-state index in [0.717, 1.165) is 0 Å². The number of carbonyl (C=O) groups excluding carboxylic acids is 1. The molecule has 0 spiro atoms. The Labute approximate surface area is 67.9 Å². The minimum absolute atomic E-state index is 0.699. The van der Waals surface area contributed by atoms with Gasteiger partial charge in [-0.15, -0.1) is 0 Å². The third-order valence-electron chi connectivity index (χ3n) is 1.21. The Hall–Kier alpha value is -1.14. The van der Waals surface area contributed by atoms with Crippen molar-refractivity contribution >= 4 is 5.78 Å². The lowest BCUT2D eigenvalue weighted by Gasteiger charge is -2.12. The molecular formula is C5H9N3O4. The maximum absolute atomic E-state index is 10.7. The fourth-order valence-corrected chi connectivity index (χ4v) is 0.605. The number of hydrogen-bond acceptors (Lipinski definition) is 5. The van der Waals surface area contributed by atoms with Crippen molar-refractivity contribution in [3.8, 4) is 0 Å². The fourth-order valence-electron chi connectivity index (χ4n) is 0.605. The average Bonchev–Trinajstić information content (AvgIpc) is 2.11. The van der Waals surface area contributed by atoms with Crippen LogP contribution < -0.4 is 0 Å². The van der Waals surface area contributed by atoms with Gasteiger partial charge in [-0.1, -0.05) is 5.11 Å². The zero-order chi connectivity index (χ0) is 9.56. The largest absolute Gasteiger partial charge is 0.394 e. The lowest BCUT2D eigenvalue weighted by atomic mass is 10.1. The number of nitrogens with zero attached hydrogens (tertiary/aromatic N) is 3. The van der Waals surface area contributed by atoms with Crippen LogP contribution in [0.3, 0.4) is 0 Å². The van der Waals surface area contributed by atoms with Crippen molar-refractivity contribution in [2.24, 2.45) is 5.11 Å². The molecule has 0 rings (SSSR count). The maximum Gasteiger partial charge on any atom is 0.169 e. The highest BCUT2D eigenvalue weighted by Gasteiger charge is 2.23. The molecule has 0 aliphatic rings. The van der Waals surface area contributed by atoms with Crippen LogP contribution in [0.4, 0.5) is 0 Å². The predicted molar refractivity (Wildman–Crippen MR) is 38.1 cm³/mol. The Kier molecular flexibility index (Phi) is 4.98. The van der Waals surface area contributed by atoms with Gasteiger partial charge < -0.3 is 15.3 Å². The van der Waals surface area contributed by atoms with Crippen molar-refractivity contribution in [1.29, 1.82) is 0 Å². The lowest BCUT2D eigenvalue weighted by Crippen LogP contribution is -2.36. The van der Waals surface area contributed by atoms with Gasteiger partial charge in [0, 0.05) is 4.91 Å². The minimum atomic E-state index is -1.46. The van der Waals surface area contributed by atoms with Crippen LogP contribution in [0.2, 0.25) is 0 Å². The van der Waals surface area contributed by atoms with E-state index in [4.69, 9.17) is 20.9 Å². The van der Waals surface area contributed by atoms with E-state index in [1.165, 1.54) is 0 Å². The topological polar surface area (TPSA) is 127 Å². The Bertz CT molecular complexity index is 201. The van der Waals surface area contributed by atoms with Gasteiger partial charge in [0.05, 0.1) is 12.7 Å². The molecule has 0 unspecified atom stereocenters. The van der Waals surface area contributed by atoms with Gasteiger partial charge in [0.2, 0.25) is 0 Å². The molecule has 3 N–H and O–H groups in total. The molecule has 0 heterocycles. The molecule has 7 nitrogen and oxygen atoms in total. The monoisotopic (exact) mass is 175 g/mol. The molecule has 0 saturated carbocycles. The molecule has 0 radical (unpaired) electrons. The zero-order valence-electron chi connectivity index (χ0n) is 6.16. The summed E-state index contributed by atoms with van der Waals surface area (Å²) >= 11 is 0. The fraction of sp³-hybridized carbons (Fsp3) is 0.800. The highest BCUT2D eigenvalue weighted by Crippen LogP contribution is 2.00.